The molecule has 0 saturated carbocycles. The van der Waals surface area contributed by atoms with Gasteiger partial charge < -0.3 is 4.57 Å². The first-order valence-electron chi connectivity index (χ1n) is 4.86. The lowest BCUT2D eigenvalue weighted by atomic mass is 10.2. The van der Waals surface area contributed by atoms with Gasteiger partial charge in [0.15, 0.2) is 4.80 Å². The molecule has 0 aliphatic carbocycles. The van der Waals surface area contributed by atoms with Crippen LogP contribution in [0.1, 0.15) is 12.5 Å². The van der Waals surface area contributed by atoms with E-state index in [-0.39, 0.29) is 17.0 Å². The largest absolute Gasteiger partial charge is 0.305 e. The van der Waals surface area contributed by atoms with E-state index in [1.807, 2.05) is 4.57 Å². The van der Waals surface area contributed by atoms with Crippen LogP contribution in [0.15, 0.2) is 18.2 Å². The van der Waals surface area contributed by atoms with Gasteiger partial charge in [-0.25, -0.2) is 0 Å². The third-order valence-corrected chi connectivity index (χ3v) is 3.39. The van der Waals surface area contributed by atoms with Gasteiger partial charge in [-0.3, -0.25) is 5.41 Å². The average Bonchev–Trinajstić information content (AvgIpc) is 2.55. The van der Waals surface area contributed by atoms with Crippen molar-refractivity contribution in [1.29, 1.82) is 5.41 Å². The second-order valence-electron chi connectivity index (χ2n) is 3.35. The lowest BCUT2D eigenvalue weighted by Crippen LogP contribution is -2.11. The number of thiazole rings is 1. The molecule has 1 heterocycles. The Hall–Kier alpha value is -1.05. The Morgan fingerprint density at radius 2 is 2.25 bits per heavy atom. The van der Waals surface area contributed by atoms with Gasteiger partial charge in [-0.05, 0) is 24.1 Å². The Bertz CT molecular complexity index is 589. The van der Waals surface area contributed by atoms with Crippen LogP contribution in [0.4, 0.5) is 0 Å². The summed E-state index contributed by atoms with van der Waals surface area (Å²) < 4.78 is 3.01. The van der Waals surface area contributed by atoms with E-state index in [4.69, 9.17) is 11.8 Å². The molecule has 84 valence electrons. The molecule has 0 fully saturated rings. The first-order valence-corrected chi connectivity index (χ1v) is 5.68. The molecule has 0 spiro atoms. The maximum Gasteiger partial charge on any atom is 0.183 e. The van der Waals surface area contributed by atoms with Gasteiger partial charge in [-0.2, -0.15) is 0 Å². The molecule has 4 heteroatoms. The zero-order chi connectivity index (χ0) is 10.8. The van der Waals surface area contributed by atoms with Crippen molar-refractivity contribution >= 4 is 38.5 Å². The molecule has 0 aliphatic rings. The molecule has 2 rings (SSSR count). The summed E-state index contributed by atoms with van der Waals surface area (Å²) in [6.45, 7) is 2.61. The highest BCUT2D eigenvalue weighted by atomic mass is 79.9. The minimum absolute atomic E-state index is 0. The van der Waals surface area contributed by atoms with Gasteiger partial charge in [0, 0.05) is 0 Å². The van der Waals surface area contributed by atoms with Gasteiger partial charge in [-0.1, -0.05) is 30.2 Å². The first-order chi connectivity index (χ1) is 7.26. The second kappa shape index (κ2) is 5.33. The molecule has 0 unspecified atom stereocenters. The number of benzene rings is 1. The van der Waals surface area contributed by atoms with Gasteiger partial charge in [0.1, 0.15) is 0 Å². The van der Waals surface area contributed by atoms with Crippen LogP contribution in [-0.2, 0) is 13.0 Å². The van der Waals surface area contributed by atoms with Crippen LogP contribution in [0, 0.1) is 17.8 Å². The van der Waals surface area contributed by atoms with Crippen LogP contribution in [0.3, 0.4) is 0 Å². The molecule has 0 amide bonds. The molecule has 2 aromatic rings. The topological polar surface area (TPSA) is 28.8 Å². The molecule has 1 aromatic heterocycles. The number of fused-ring (bicyclic) bond motifs is 1. The van der Waals surface area contributed by atoms with Crippen molar-refractivity contribution in [1.82, 2.24) is 4.57 Å². The van der Waals surface area contributed by atoms with Crippen LogP contribution in [0.5, 0.6) is 0 Å². The minimum Gasteiger partial charge on any atom is -0.305 e. The van der Waals surface area contributed by atoms with Gasteiger partial charge in [-0.15, -0.1) is 23.4 Å². The minimum atomic E-state index is 0. The fraction of sp³-hybridized carbons (Fsp3) is 0.250. The Balaban J connectivity index is 0.00000128. The molecule has 0 atom stereocenters. The highest BCUT2D eigenvalue weighted by molar-refractivity contribution is 8.93. The second-order valence-corrected chi connectivity index (χ2v) is 4.38. The van der Waals surface area contributed by atoms with Gasteiger partial charge in [0.25, 0.3) is 0 Å². The molecular formula is C12H13BrN2S. The lowest BCUT2D eigenvalue weighted by Gasteiger charge is -2.00. The Labute approximate surface area is 109 Å². The van der Waals surface area contributed by atoms with Gasteiger partial charge >= 0.3 is 0 Å². The smallest absolute Gasteiger partial charge is 0.183 e. The number of rotatable bonds is 2. The monoisotopic (exact) mass is 296 g/mol. The summed E-state index contributed by atoms with van der Waals surface area (Å²) in [6, 6.07) is 6.30. The van der Waals surface area contributed by atoms with Gasteiger partial charge in [0.2, 0.25) is 0 Å². The normalized spacial score (nSPS) is 9.75. The van der Waals surface area contributed by atoms with E-state index in [0.717, 1.165) is 16.6 Å². The Morgan fingerprint density at radius 1 is 1.50 bits per heavy atom. The first kappa shape index (κ1) is 13.0. The average molecular weight is 297 g/mol. The Morgan fingerprint density at radius 3 is 2.88 bits per heavy atom. The highest BCUT2D eigenvalue weighted by Crippen LogP contribution is 2.19. The molecule has 1 aromatic carbocycles. The maximum atomic E-state index is 7.82. The molecule has 2 nitrogen and oxygen atoms in total. The predicted molar refractivity (Wildman–Crippen MR) is 74.2 cm³/mol. The third-order valence-electron chi connectivity index (χ3n) is 2.42. The van der Waals surface area contributed by atoms with Crippen LogP contribution < -0.4 is 4.80 Å². The number of nitrogens with zero attached hydrogens (tertiary/aromatic N) is 1. The van der Waals surface area contributed by atoms with E-state index in [0.29, 0.717) is 11.3 Å². The zero-order valence-corrected chi connectivity index (χ0v) is 11.5. The Kier molecular flexibility index (Phi) is 4.34. The van der Waals surface area contributed by atoms with Crippen molar-refractivity contribution in [2.45, 2.75) is 19.9 Å². The molecule has 0 saturated heterocycles. The number of aryl methyl sites for hydroxylation is 1. The van der Waals surface area contributed by atoms with Crippen molar-refractivity contribution in [2.24, 2.45) is 0 Å². The van der Waals surface area contributed by atoms with E-state index in [9.17, 15) is 0 Å². The van der Waals surface area contributed by atoms with Gasteiger partial charge in [0.05, 0.1) is 16.8 Å². The summed E-state index contributed by atoms with van der Waals surface area (Å²) in [5.41, 5.74) is 2.37. The predicted octanol–water partition coefficient (Wildman–Crippen LogP) is 2.96. The van der Waals surface area contributed by atoms with Crippen molar-refractivity contribution in [3.8, 4) is 12.3 Å². The van der Waals surface area contributed by atoms with Crippen molar-refractivity contribution in [2.75, 3.05) is 0 Å². The fourth-order valence-electron chi connectivity index (χ4n) is 1.60. The van der Waals surface area contributed by atoms with Crippen LogP contribution >= 0.6 is 28.3 Å². The van der Waals surface area contributed by atoms with Crippen LogP contribution in [0.2, 0.25) is 0 Å². The zero-order valence-electron chi connectivity index (χ0n) is 8.99. The molecule has 0 bridgehead atoms. The quantitative estimate of drug-likeness (QED) is 0.826. The van der Waals surface area contributed by atoms with E-state index < -0.39 is 0 Å². The van der Waals surface area contributed by atoms with E-state index in [1.165, 1.54) is 16.9 Å². The van der Waals surface area contributed by atoms with E-state index >= 15 is 0 Å². The number of hydrogen-bond donors (Lipinski definition) is 1. The third kappa shape index (κ3) is 2.21. The van der Waals surface area contributed by atoms with Crippen molar-refractivity contribution in [3.05, 3.63) is 28.6 Å². The molecule has 1 N–H and O–H groups in total. The molecule has 0 radical (unpaired) electrons. The maximum absolute atomic E-state index is 7.82. The standard InChI is InChI=1S/C12H12N2S.BrH/c1-3-7-14-10-6-5-9(4-2)8-11(10)15-12(14)13;/h1,5-6,8,13H,4,7H2,2H3;1H. The van der Waals surface area contributed by atoms with Crippen molar-refractivity contribution < 1.29 is 0 Å². The van der Waals surface area contributed by atoms with E-state index in [1.54, 1.807) is 0 Å². The summed E-state index contributed by atoms with van der Waals surface area (Å²) >= 11 is 1.48. The molecular weight excluding hydrogens is 284 g/mol. The molecule has 16 heavy (non-hydrogen) atoms. The summed E-state index contributed by atoms with van der Waals surface area (Å²) in [7, 11) is 0. The molecule has 0 aliphatic heterocycles. The number of hydrogen-bond acceptors (Lipinski definition) is 2. The number of aromatic nitrogens is 1. The number of nitrogens with one attached hydrogen (secondary N) is 1. The lowest BCUT2D eigenvalue weighted by molar-refractivity contribution is 0.828. The fourth-order valence-corrected chi connectivity index (χ4v) is 2.57. The van der Waals surface area contributed by atoms with Crippen molar-refractivity contribution in [3.63, 3.8) is 0 Å². The van der Waals surface area contributed by atoms with Crippen LogP contribution in [0.25, 0.3) is 10.2 Å². The number of terminal acetylenes is 1. The van der Waals surface area contributed by atoms with Crippen LogP contribution in [-0.4, -0.2) is 4.57 Å². The summed E-state index contributed by atoms with van der Waals surface area (Å²) in [4.78, 5) is 0.524. The summed E-state index contributed by atoms with van der Waals surface area (Å²) in [6.07, 6.45) is 6.31. The number of halogens is 1. The summed E-state index contributed by atoms with van der Waals surface area (Å²) in [5.74, 6) is 2.58. The summed E-state index contributed by atoms with van der Waals surface area (Å²) in [5, 5.41) is 7.82. The highest BCUT2D eigenvalue weighted by Gasteiger charge is 2.04. The SMILES string of the molecule is Br.C#CCn1c(=N)sc2cc(CC)ccc21. The van der Waals surface area contributed by atoms with E-state index in [2.05, 4.69) is 31.0 Å².